The van der Waals surface area contributed by atoms with Crippen molar-refractivity contribution in [3.8, 4) is 0 Å². The molecule has 1 heterocycles. The normalized spacial score (nSPS) is 16.1. The van der Waals surface area contributed by atoms with Crippen LogP contribution in [0.25, 0.3) is 0 Å². The number of nitrogens with two attached hydrogens (primary N) is 1. The molecule has 0 aromatic carbocycles. The Morgan fingerprint density at radius 2 is 2.05 bits per heavy atom. The van der Waals surface area contributed by atoms with E-state index >= 15 is 0 Å². The fourth-order valence-electron chi connectivity index (χ4n) is 2.37. The van der Waals surface area contributed by atoms with Crippen LogP contribution in [0.2, 0.25) is 0 Å². The summed E-state index contributed by atoms with van der Waals surface area (Å²) in [5.74, 6) is 2.00. The highest BCUT2D eigenvalue weighted by atomic mass is 16.5. The van der Waals surface area contributed by atoms with Gasteiger partial charge in [-0.05, 0) is 38.6 Å². The molecule has 2 atom stereocenters. The molecule has 1 aromatic rings. The molecule has 0 amide bonds. The molecule has 0 aliphatic carbocycles. The van der Waals surface area contributed by atoms with E-state index in [2.05, 4.69) is 24.0 Å². The van der Waals surface area contributed by atoms with E-state index in [1.807, 2.05) is 6.92 Å². The topological polar surface area (TPSA) is 74.2 Å². The number of hydrogen-bond donors (Lipinski definition) is 1. The van der Waals surface area contributed by atoms with Gasteiger partial charge in [-0.2, -0.15) is 4.98 Å². The third kappa shape index (κ3) is 4.56. The van der Waals surface area contributed by atoms with E-state index < -0.39 is 5.60 Å². The Labute approximate surface area is 122 Å². The van der Waals surface area contributed by atoms with E-state index in [1.165, 1.54) is 12.8 Å². The number of aromatic nitrogens is 2. The SMILES string of the molecule is CCCC(CCN)CCc1nc(C(C)(CC)OC)no1. The van der Waals surface area contributed by atoms with Crippen LogP contribution < -0.4 is 5.73 Å². The number of aryl methyl sites for hydroxylation is 1. The van der Waals surface area contributed by atoms with Gasteiger partial charge in [-0.1, -0.05) is 31.8 Å². The monoisotopic (exact) mass is 283 g/mol. The quantitative estimate of drug-likeness (QED) is 0.714. The highest BCUT2D eigenvalue weighted by molar-refractivity contribution is 4.99. The summed E-state index contributed by atoms with van der Waals surface area (Å²) in [7, 11) is 1.68. The summed E-state index contributed by atoms with van der Waals surface area (Å²) in [5, 5.41) is 4.06. The van der Waals surface area contributed by atoms with E-state index in [0.29, 0.717) is 17.6 Å². The summed E-state index contributed by atoms with van der Waals surface area (Å²) in [4.78, 5) is 4.48. The first kappa shape index (κ1) is 17.1. The van der Waals surface area contributed by atoms with Crippen molar-refractivity contribution >= 4 is 0 Å². The molecule has 2 unspecified atom stereocenters. The number of methoxy groups -OCH3 is 1. The van der Waals surface area contributed by atoms with E-state index in [9.17, 15) is 0 Å². The van der Waals surface area contributed by atoms with Gasteiger partial charge in [0, 0.05) is 13.5 Å². The smallest absolute Gasteiger partial charge is 0.226 e. The van der Waals surface area contributed by atoms with Crippen LogP contribution in [-0.4, -0.2) is 23.8 Å². The van der Waals surface area contributed by atoms with E-state index in [-0.39, 0.29) is 0 Å². The van der Waals surface area contributed by atoms with Crippen molar-refractivity contribution in [2.24, 2.45) is 11.7 Å². The lowest BCUT2D eigenvalue weighted by molar-refractivity contribution is -0.0106. The average Bonchev–Trinajstić information content (AvgIpc) is 2.94. The lowest BCUT2D eigenvalue weighted by Gasteiger charge is -2.21. The minimum absolute atomic E-state index is 0.457. The van der Waals surface area contributed by atoms with Crippen molar-refractivity contribution in [1.29, 1.82) is 0 Å². The molecule has 2 N–H and O–H groups in total. The van der Waals surface area contributed by atoms with Gasteiger partial charge < -0.3 is 15.0 Å². The molecule has 0 saturated carbocycles. The first-order valence-electron chi connectivity index (χ1n) is 7.67. The molecule has 5 heteroatoms. The number of ether oxygens (including phenoxy) is 1. The molecule has 0 saturated heterocycles. The van der Waals surface area contributed by atoms with Crippen LogP contribution in [0.4, 0.5) is 0 Å². The van der Waals surface area contributed by atoms with Crippen molar-refractivity contribution in [2.45, 2.75) is 64.9 Å². The molecule has 0 radical (unpaired) electrons. The maximum atomic E-state index is 5.66. The van der Waals surface area contributed by atoms with Crippen LogP contribution in [0.5, 0.6) is 0 Å². The second-order valence-electron chi connectivity index (χ2n) is 5.57. The zero-order valence-electron chi connectivity index (χ0n) is 13.3. The fraction of sp³-hybridized carbons (Fsp3) is 0.867. The molecule has 1 rings (SSSR count). The van der Waals surface area contributed by atoms with Crippen LogP contribution in [0.3, 0.4) is 0 Å². The summed E-state index contributed by atoms with van der Waals surface area (Å²) in [6, 6.07) is 0. The van der Waals surface area contributed by atoms with Gasteiger partial charge in [0.05, 0.1) is 0 Å². The summed E-state index contributed by atoms with van der Waals surface area (Å²) in [5.41, 5.74) is 5.20. The molecule has 1 aromatic heterocycles. The third-order valence-corrected chi connectivity index (χ3v) is 4.10. The Hall–Kier alpha value is -0.940. The van der Waals surface area contributed by atoms with Crippen molar-refractivity contribution in [2.75, 3.05) is 13.7 Å². The van der Waals surface area contributed by atoms with Gasteiger partial charge >= 0.3 is 0 Å². The van der Waals surface area contributed by atoms with Crippen LogP contribution in [0.15, 0.2) is 4.52 Å². The lowest BCUT2D eigenvalue weighted by atomic mass is 9.94. The molecule has 0 bridgehead atoms. The average molecular weight is 283 g/mol. The van der Waals surface area contributed by atoms with Crippen LogP contribution >= 0.6 is 0 Å². The third-order valence-electron chi connectivity index (χ3n) is 4.10. The molecule has 0 aliphatic rings. The first-order valence-corrected chi connectivity index (χ1v) is 7.67. The highest BCUT2D eigenvalue weighted by Gasteiger charge is 2.29. The Balaban J connectivity index is 2.59. The largest absolute Gasteiger partial charge is 0.370 e. The van der Waals surface area contributed by atoms with Gasteiger partial charge in [-0.25, -0.2) is 0 Å². The minimum atomic E-state index is -0.457. The number of nitrogens with zero attached hydrogens (tertiary/aromatic N) is 2. The molecule has 20 heavy (non-hydrogen) atoms. The molecule has 0 fully saturated rings. The second kappa shape index (κ2) is 8.37. The van der Waals surface area contributed by atoms with Gasteiger partial charge in [0.25, 0.3) is 0 Å². The molecular weight excluding hydrogens is 254 g/mol. The maximum Gasteiger partial charge on any atom is 0.226 e. The van der Waals surface area contributed by atoms with E-state index in [0.717, 1.165) is 32.2 Å². The molecule has 116 valence electrons. The Morgan fingerprint density at radius 3 is 2.60 bits per heavy atom. The minimum Gasteiger partial charge on any atom is -0.370 e. The summed E-state index contributed by atoms with van der Waals surface area (Å²) < 4.78 is 10.8. The van der Waals surface area contributed by atoms with Gasteiger partial charge in [0.15, 0.2) is 0 Å². The van der Waals surface area contributed by atoms with Crippen LogP contribution in [-0.2, 0) is 16.8 Å². The zero-order valence-corrected chi connectivity index (χ0v) is 13.3. The molecular formula is C15H29N3O2. The molecule has 5 nitrogen and oxygen atoms in total. The lowest BCUT2D eigenvalue weighted by Crippen LogP contribution is -2.24. The number of hydrogen-bond acceptors (Lipinski definition) is 5. The Kier molecular flexibility index (Phi) is 7.16. The van der Waals surface area contributed by atoms with Crippen molar-refractivity contribution in [1.82, 2.24) is 10.1 Å². The van der Waals surface area contributed by atoms with Gasteiger partial charge in [0.1, 0.15) is 5.60 Å². The van der Waals surface area contributed by atoms with Crippen molar-refractivity contribution in [3.63, 3.8) is 0 Å². The predicted molar refractivity (Wildman–Crippen MR) is 79.3 cm³/mol. The van der Waals surface area contributed by atoms with Crippen LogP contribution in [0, 0.1) is 5.92 Å². The molecule has 0 spiro atoms. The standard InChI is InChI=1S/C15H29N3O2/c1-5-7-12(10-11-16)8-9-13-17-14(18-20-13)15(3,6-2)19-4/h12H,5-11,16H2,1-4H3. The second-order valence-corrected chi connectivity index (χ2v) is 5.57. The Bertz CT molecular complexity index is 369. The van der Waals surface area contributed by atoms with Crippen LogP contribution in [0.1, 0.15) is 64.6 Å². The van der Waals surface area contributed by atoms with Gasteiger partial charge in [-0.3, -0.25) is 0 Å². The predicted octanol–water partition coefficient (Wildman–Crippen LogP) is 3.04. The van der Waals surface area contributed by atoms with Crippen molar-refractivity contribution in [3.05, 3.63) is 11.7 Å². The summed E-state index contributed by atoms with van der Waals surface area (Å²) in [6.07, 6.45) is 6.16. The van der Waals surface area contributed by atoms with Crippen molar-refractivity contribution < 1.29 is 9.26 Å². The molecule has 0 aliphatic heterocycles. The Morgan fingerprint density at radius 1 is 1.30 bits per heavy atom. The zero-order chi connectivity index (χ0) is 15.0. The van der Waals surface area contributed by atoms with E-state index in [1.54, 1.807) is 7.11 Å². The van der Waals surface area contributed by atoms with Gasteiger partial charge in [0.2, 0.25) is 11.7 Å². The number of rotatable bonds is 10. The summed E-state index contributed by atoms with van der Waals surface area (Å²) in [6.45, 7) is 6.99. The summed E-state index contributed by atoms with van der Waals surface area (Å²) >= 11 is 0. The first-order chi connectivity index (χ1) is 9.59. The maximum absolute atomic E-state index is 5.66. The van der Waals surface area contributed by atoms with E-state index in [4.69, 9.17) is 15.0 Å². The van der Waals surface area contributed by atoms with Gasteiger partial charge in [-0.15, -0.1) is 0 Å². The fourth-order valence-corrected chi connectivity index (χ4v) is 2.37. The highest BCUT2D eigenvalue weighted by Crippen LogP contribution is 2.26.